The first-order valence-electron chi connectivity index (χ1n) is 4.84. The summed E-state index contributed by atoms with van der Waals surface area (Å²) in [7, 11) is 0. The second kappa shape index (κ2) is 2.14. The molecular formula is C10H11N3. The van der Waals surface area contributed by atoms with Gasteiger partial charge in [-0.25, -0.2) is 0 Å². The summed E-state index contributed by atoms with van der Waals surface area (Å²) in [6.07, 6.45) is 2.33. The maximum Gasteiger partial charge on any atom is 0.138 e. The summed E-state index contributed by atoms with van der Waals surface area (Å²) in [5.41, 5.74) is 3.08. The van der Waals surface area contributed by atoms with E-state index in [0.717, 1.165) is 18.3 Å². The highest BCUT2D eigenvalue weighted by Gasteiger charge is 2.56. The van der Waals surface area contributed by atoms with Gasteiger partial charge in [-0.3, -0.25) is 5.10 Å². The molecule has 1 saturated carbocycles. The van der Waals surface area contributed by atoms with E-state index in [9.17, 15) is 0 Å². The van der Waals surface area contributed by atoms with Crippen LogP contribution in [0.2, 0.25) is 0 Å². The summed E-state index contributed by atoms with van der Waals surface area (Å²) in [5, 5.41) is 15.9. The van der Waals surface area contributed by atoms with E-state index in [-0.39, 0.29) is 0 Å². The van der Waals surface area contributed by atoms with Crippen molar-refractivity contribution in [2.45, 2.75) is 25.7 Å². The predicted molar refractivity (Wildman–Crippen MR) is 47.0 cm³/mol. The number of nitrogens with zero attached hydrogens (tertiary/aromatic N) is 2. The molecule has 1 N–H and O–H groups in total. The van der Waals surface area contributed by atoms with Gasteiger partial charge in [-0.05, 0) is 18.3 Å². The van der Waals surface area contributed by atoms with Crippen molar-refractivity contribution in [3.05, 3.63) is 17.0 Å². The van der Waals surface area contributed by atoms with Crippen LogP contribution in [-0.4, -0.2) is 10.2 Å². The van der Waals surface area contributed by atoms with E-state index in [1.807, 2.05) is 0 Å². The fourth-order valence-electron chi connectivity index (χ4n) is 2.88. The Morgan fingerprint density at radius 2 is 2.54 bits per heavy atom. The SMILES string of the molecule is CC[C@@H]1[C@@H]2Cc3c(n[nH]c3C#N)[C@H]12. The third-order valence-electron chi connectivity index (χ3n) is 3.57. The van der Waals surface area contributed by atoms with Crippen molar-refractivity contribution in [3.8, 4) is 6.07 Å². The van der Waals surface area contributed by atoms with Crippen LogP contribution in [0.25, 0.3) is 0 Å². The molecule has 0 bridgehead atoms. The van der Waals surface area contributed by atoms with Crippen molar-refractivity contribution in [2.75, 3.05) is 0 Å². The number of nitriles is 1. The molecule has 3 rings (SSSR count). The molecule has 0 radical (unpaired) electrons. The molecule has 3 nitrogen and oxygen atoms in total. The van der Waals surface area contributed by atoms with Gasteiger partial charge in [0, 0.05) is 11.5 Å². The molecule has 1 fully saturated rings. The molecule has 0 saturated heterocycles. The standard InChI is InChI=1S/C10H11N3/c1-2-5-6-3-7-8(4-11)12-13-10(7)9(5)6/h5-6,9H,2-3H2,1H3,(H,12,13)/t5-,6+,9-/m1/s1. The minimum absolute atomic E-state index is 0.679. The zero-order valence-electron chi connectivity index (χ0n) is 7.54. The van der Waals surface area contributed by atoms with Crippen LogP contribution < -0.4 is 0 Å². The van der Waals surface area contributed by atoms with Gasteiger partial charge < -0.3 is 0 Å². The topological polar surface area (TPSA) is 52.5 Å². The van der Waals surface area contributed by atoms with Gasteiger partial charge in [0.15, 0.2) is 0 Å². The Balaban J connectivity index is 2.01. The van der Waals surface area contributed by atoms with E-state index in [4.69, 9.17) is 5.26 Å². The lowest BCUT2D eigenvalue weighted by atomic mass is 10.1. The molecule has 0 aromatic carbocycles. The Morgan fingerprint density at radius 3 is 3.23 bits per heavy atom. The van der Waals surface area contributed by atoms with Crippen LogP contribution in [0.5, 0.6) is 0 Å². The Hall–Kier alpha value is -1.30. The van der Waals surface area contributed by atoms with Crippen molar-refractivity contribution >= 4 is 0 Å². The first-order chi connectivity index (χ1) is 6.36. The molecule has 66 valence electrons. The molecule has 0 unspecified atom stereocenters. The van der Waals surface area contributed by atoms with Crippen molar-refractivity contribution in [3.63, 3.8) is 0 Å². The van der Waals surface area contributed by atoms with Crippen LogP contribution in [0, 0.1) is 23.2 Å². The molecule has 1 heterocycles. The zero-order valence-corrected chi connectivity index (χ0v) is 7.54. The maximum atomic E-state index is 8.79. The first kappa shape index (κ1) is 7.14. The number of aromatic nitrogens is 2. The minimum Gasteiger partial charge on any atom is -0.267 e. The summed E-state index contributed by atoms with van der Waals surface area (Å²) in [6.45, 7) is 2.24. The van der Waals surface area contributed by atoms with E-state index >= 15 is 0 Å². The van der Waals surface area contributed by atoms with Crippen LogP contribution in [0.15, 0.2) is 0 Å². The largest absolute Gasteiger partial charge is 0.267 e. The average Bonchev–Trinajstić information content (AvgIpc) is 2.54. The summed E-state index contributed by atoms with van der Waals surface area (Å²) in [4.78, 5) is 0. The highest BCUT2D eigenvalue weighted by atomic mass is 15.1. The second-order valence-electron chi connectivity index (χ2n) is 4.04. The molecule has 2 aliphatic rings. The molecule has 2 aliphatic carbocycles. The van der Waals surface area contributed by atoms with Gasteiger partial charge in [-0.1, -0.05) is 13.3 Å². The van der Waals surface area contributed by atoms with E-state index in [1.165, 1.54) is 17.7 Å². The number of hydrogen-bond acceptors (Lipinski definition) is 2. The van der Waals surface area contributed by atoms with E-state index < -0.39 is 0 Å². The predicted octanol–water partition coefficient (Wildman–Crippen LogP) is 1.58. The number of nitrogens with one attached hydrogen (secondary N) is 1. The fraction of sp³-hybridized carbons (Fsp3) is 0.600. The highest BCUT2D eigenvalue weighted by molar-refractivity contribution is 5.45. The van der Waals surface area contributed by atoms with Gasteiger partial charge >= 0.3 is 0 Å². The van der Waals surface area contributed by atoms with Crippen LogP contribution in [0.1, 0.15) is 36.2 Å². The molecule has 3 atom stereocenters. The monoisotopic (exact) mass is 173 g/mol. The molecule has 3 heteroatoms. The Bertz CT molecular complexity index is 399. The lowest BCUT2D eigenvalue weighted by Crippen LogP contribution is -1.92. The normalized spacial score (nSPS) is 33.7. The summed E-state index contributed by atoms with van der Waals surface area (Å²) in [5.74, 6) is 2.34. The van der Waals surface area contributed by atoms with Gasteiger partial charge in [0.2, 0.25) is 0 Å². The summed E-state index contributed by atoms with van der Waals surface area (Å²) in [6, 6.07) is 2.16. The molecule has 1 aromatic heterocycles. The Kier molecular flexibility index (Phi) is 1.17. The van der Waals surface area contributed by atoms with E-state index in [0.29, 0.717) is 11.6 Å². The van der Waals surface area contributed by atoms with Gasteiger partial charge in [0.1, 0.15) is 11.8 Å². The Morgan fingerprint density at radius 1 is 1.69 bits per heavy atom. The molecule has 1 aromatic rings. The maximum absolute atomic E-state index is 8.79. The third kappa shape index (κ3) is 0.713. The third-order valence-corrected chi connectivity index (χ3v) is 3.57. The molecule has 0 aliphatic heterocycles. The van der Waals surface area contributed by atoms with Gasteiger partial charge in [0.25, 0.3) is 0 Å². The first-order valence-corrected chi connectivity index (χ1v) is 4.84. The fourth-order valence-corrected chi connectivity index (χ4v) is 2.88. The number of hydrogen-bond donors (Lipinski definition) is 1. The molecule has 0 amide bonds. The van der Waals surface area contributed by atoms with E-state index in [2.05, 4.69) is 23.2 Å². The molecule has 13 heavy (non-hydrogen) atoms. The molecular weight excluding hydrogens is 162 g/mol. The molecule has 0 spiro atoms. The summed E-state index contributed by atoms with van der Waals surface area (Å²) < 4.78 is 0. The van der Waals surface area contributed by atoms with E-state index in [1.54, 1.807) is 0 Å². The average molecular weight is 173 g/mol. The van der Waals surface area contributed by atoms with Gasteiger partial charge in [-0.2, -0.15) is 10.4 Å². The Labute approximate surface area is 76.8 Å². The number of aromatic amines is 1. The summed E-state index contributed by atoms with van der Waals surface area (Å²) >= 11 is 0. The van der Waals surface area contributed by atoms with Crippen LogP contribution in [-0.2, 0) is 6.42 Å². The number of fused-ring (bicyclic) bond motifs is 3. The number of H-pyrrole nitrogens is 1. The van der Waals surface area contributed by atoms with Crippen LogP contribution >= 0.6 is 0 Å². The van der Waals surface area contributed by atoms with Gasteiger partial charge in [0.05, 0.1) is 5.69 Å². The zero-order chi connectivity index (χ0) is 9.00. The van der Waals surface area contributed by atoms with Crippen LogP contribution in [0.3, 0.4) is 0 Å². The lowest BCUT2D eigenvalue weighted by Gasteiger charge is -1.97. The lowest BCUT2D eigenvalue weighted by molar-refractivity contribution is 0.669. The van der Waals surface area contributed by atoms with Crippen molar-refractivity contribution in [1.29, 1.82) is 5.26 Å². The minimum atomic E-state index is 0.679. The smallest absolute Gasteiger partial charge is 0.138 e. The van der Waals surface area contributed by atoms with Crippen molar-refractivity contribution in [1.82, 2.24) is 10.2 Å². The number of rotatable bonds is 1. The van der Waals surface area contributed by atoms with Crippen molar-refractivity contribution in [2.24, 2.45) is 11.8 Å². The highest BCUT2D eigenvalue weighted by Crippen LogP contribution is 2.62. The van der Waals surface area contributed by atoms with Crippen LogP contribution in [0.4, 0.5) is 0 Å². The quantitative estimate of drug-likeness (QED) is 0.701. The second-order valence-corrected chi connectivity index (χ2v) is 4.04. The van der Waals surface area contributed by atoms with Crippen molar-refractivity contribution < 1.29 is 0 Å². The van der Waals surface area contributed by atoms with Gasteiger partial charge in [-0.15, -0.1) is 0 Å².